The predicted molar refractivity (Wildman–Crippen MR) is 86.9 cm³/mol. The zero-order valence-electron chi connectivity index (χ0n) is 13.0. The van der Waals surface area contributed by atoms with E-state index >= 15 is 0 Å². The van der Waals surface area contributed by atoms with Gasteiger partial charge in [-0.25, -0.2) is 4.98 Å². The van der Waals surface area contributed by atoms with E-state index in [4.69, 9.17) is 4.74 Å². The molecule has 0 saturated heterocycles. The van der Waals surface area contributed by atoms with E-state index in [-0.39, 0.29) is 11.8 Å². The summed E-state index contributed by atoms with van der Waals surface area (Å²) in [6.07, 6.45) is 0. The van der Waals surface area contributed by atoms with Gasteiger partial charge in [0.1, 0.15) is 12.3 Å². The molecule has 1 aromatic heterocycles. The highest BCUT2D eigenvalue weighted by molar-refractivity contribution is 6.07. The summed E-state index contributed by atoms with van der Waals surface area (Å²) in [6, 6.07) is 10.5. The predicted octanol–water partition coefficient (Wildman–Crippen LogP) is 2.39. The first-order valence-corrected chi connectivity index (χ1v) is 7.34. The van der Waals surface area contributed by atoms with Gasteiger partial charge in [-0.15, -0.1) is 0 Å². The fourth-order valence-corrected chi connectivity index (χ4v) is 2.46. The van der Waals surface area contributed by atoms with Crippen LogP contribution in [0.4, 0.5) is 11.4 Å². The van der Waals surface area contributed by atoms with Gasteiger partial charge < -0.3 is 15.0 Å². The Morgan fingerprint density at radius 1 is 1.17 bits per heavy atom. The van der Waals surface area contributed by atoms with Gasteiger partial charge >= 0.3 is 0 Å². The summed E-state index contributed by atoms with van der Waals surface area (Å²) in [5.74, 6) is 0.224. The average Bonchev–Trinajstić information content (AvgIpc) is 2.53. The number of benzene rings is 1. The third-order valence-corrected chi connectivity index (χ3v) is 3.52. The zero-order chi connectivity index (χ0) is 16.4. The Labute approximate surface area is 134 Å². The van der Waals surface area contributed by atoms with E-state index in [1.165, 1.54) is 6.92 Å². The van der Waals surface area contributed by atoms with Crippen molar-refractivity contribution in [1.29, 1.82) is 0 Å². The van der Waals surface area contributed by atoms with E-state index in [1.807, 2.05) is 19.1 Å². The monoisotopic (exact) mass is 311 g/mol. The maximum Gasteiger partial charge on any atom is 0.258 e. The molecule has 2 amide bonds. The van der Waals surface area contributed by atoms with Gasteiger partial charge in [-0.1, -0.05) is 0 Å². The van der Waals surface area contributed by atoms with Crippen molar-refractivity contribution in [2.24, 2.45) is 0 Å². The Kier molecular flexibility index (Phi) is 3.97. The molecule has 0 atom stereocenters. The number of hydrogen-bond donors (Lipinski definition) is 1. The smallest absolute Gasteiger partial charge is 0.258 e. The lowest BCUT2D eigenvalue weighted by molar-refractivity contribution is -0.114. The van der Waals surface area contributed by atoms with Gasteiger partial charge in [-0.3, -0.25) is 9.59 Å². The number of amides is 2. The minimum Gasteiger partial charge on any atom is -0.474 e. The Morgan fingerprint density at radius 3 is 2.61 bits per heavy atom. The first-order valence-electron chi connectivity index (χ1n) is 7.34. The summed E-state index contributed by atoms with van der Waals surface area (Å²) in [6.45, 7) is 4.22. The number of carbonyl (C=O) groups is 2. The molecule has 1 N–H and O–H groups in total. The van der Waals surface area contributed by atoms with Gasteiger partial charge in [-0.05, 0) is 43.3 Å². The molecule has 3 rings (SSSR count). The quantitative estimate of drug-likeness (QED) is 0.924. The van der Waals surface area contributed by atoms with E-state index in [0.717, 1.165) is 5.69 Å². The van der Waals surface area contributed by atoms with Crippen molar-refractivity contribution in [1.82, 2.24) is 4.98 Å². The first kappa shape index (κ1) is 15.0. The fraction of sp³-hybridized carbons (Fsp3) is 0.235. The molecule has 6 nitrogen and oxygen atoms in total. The highest BCUT2D eigenvalue weighted by Crippen LogP contribution is 2.30. The van der Waals surface area contributed by atoms with Crippen LogP contribution >= 0.6 is 0 Å². The minimum absolute atomic E-state index is 0.116. The van der Waals surface area contributed by atoms with Crippen molar-refractivity contribution in [3.05, 3.63) is 47.7 Å². The number of ether oxygens (including phenoxy) is 1. The number of pyridine rings is 1. The van der Waals surface area contributed by atoms with Crippen molar-refractivity contribution in [2.45, 2.75) is 13.8 Å². The summed E-state index contributed by atoms with van der Waals surface area (Å²) in [4.78, 5) is 29.8. The normalized spacial score (nSPS) is 13.0. The molecule has 0 unspecified atom stereocenters. The second-order valence-corrected chi connectivity index (χ2v) is 5.34. The van der Waals surface area contributed by atoms with Crippen LogP contribution in [0, 0.1) is 6.92 Å². The Balaban J connectivity index is 1.85. The third-order valence-electron chi connectivity index (χ3n) is 3.52. The van der Waals surface area contributed by atoms with Gasteiger partial charge in [0.15, 0.2) is 0 Å². The number of fused-ring (bicyclic) bond motifs is 1. The van der Waals surface area contributed by atoms with E-state index in [9.17, 15) is 9.59 Å². The number of nitrogens with one attached hydrogen (secondary N) is 1. The van der Waals surface area contributed by atoms with Gasteiger partial charge in [0, 0.05) is 23.9 Å². The summed E-state index contributed by atoms with van der Waals surface area (Å²) in [5.41, 5.74) is 2.73. The lowest BCUT2D eigenvalue weighted by Crippen LogP contribution is -2.38. The number of hydrogen-bond acceptors (Lipinski definition) is 4. The van der Waals surface area contributed by atoms with Gasteiger partial charge in [-0.2, -0.15) is 0 Å². The SMILES string of the molecule is CC(=O)Nc1ccc(C(=O)N2CCOc3nc(C)ccc32)cc1. The summed E-state index contributed by atoms with van der Waals surface area (Å²) in [5, 5.41) is 2.68. The van der Waals surface area contributed by atoms with Crippen molar-refractivity contribution in [3.63, 3.8) is 0 Å². The number of nitrogens with zero attached hydrogens (tertiary/aromatic N) is 2. The maximum absolute atomic E-state index is 12.7. The van der Waals surface area contributed by atoms with Crippen LogP contribution in [0.1, 0.15) is 23.0 Å². The highest BCUT2D eigenvalue weighted by atomic mass is 16.5. The van der Waals surface area contributed by atoms with E-state index in [1.54, 1.807) is 29.2 Å². The standard InChI is InChI=1S/C17H17N3O3/c1-11-3-8-15-16(18-11)23-10-9-20(15)17(22)13-4-6-14(7-5-13)19-12(2)21/h3-8H,9-10H2,1-2H3,(H,19,21). The van der Waals surface area contributed by atoms with E-state index < -0.39 is 0 Å². The number of anilines is 2. The van der Waals surface area contributed by atoms with Crippen molar-refractivity contribution < 1.29 is 14.3 Å². The molecule has 1 aliphatic rings. The summed E-state index contributed by atoms with van der Waals surface area (Å²) >= 11 is 0. The minimum atomic E-state index is -0.146. The van der Waals surface area contributed by atoms with Crippen LogP contribution < -0.4 is 15.0 Å². The molecule has 23 heavy (non-hydrogen) atoms. The molecular weight excluding hydrogens is 294 g/mol. The Morgan fingerprint density at radius 2 is 1.91 bits per heavy atom. The summed E-state index contributed by atoms with van der Waals surface area (Å²) in [7, 11) is 0. The van der Waals surface area contributed by atoms with Crippen LogP contribution in [-0.2, 0) is 4.79 Å². The molecule has 118 valence electrons. The molecule has 2 heterocycles. The van der Waals surface area contributed by atoms with Gasteiger partial charge in [0.2, 0.25) is 11.8 Å². The number of aromatic nitrogens is 1. The van der Waals surface area contributed by atoms with Crippen LogP contribution in [0.5, 0.6) is 5.88 Å². The molecule has 0 bridgehead atoms. The molecule has 0 saturated carbocycles. The first-order chi connectivity index (χ1) is 11.0. The van der Waals surface area contributed by atoms with Crippen molar-refractivity contribution >= 4 is 23.2 Å². The van der Waals surface area contributed by atoms with E-state index in [0.29, 0.717) is 36.0 Å². The Hall–Kier alpha value is -2.89. The molecule has 6 heteroatoms. The fourth-order valence-electron chi connectivity index (χ4n) is 2.46. The number of aryl methyl sites for hydroxylation is 1. The van der Waals surface area contributed by atoms with Crippen LogP contribution in [-0.4, -0.2) is 29.9 Å². The topological polar surface area (TPSA) is 71.5 Å². The second kappa shape index (κ2) is 6.08. The lowest BCUT2D eigenvalue weighted by Gasteiger charge is -2.28. The third kappa shape index (κ3) is 3.15. The van der Waals surface area contributed by atoms with Crippen LogP contribution in [0.15, 0.2) is 36.4 Å². The summed E-state index contributed by atoms with van der Waals surface area (Å²) < 4.78 is 5.53. The molecule has 0 radical (unpaired) electrons. The van der Waals surface area contributed by atoms with Crippen LogP contribution in [0.25, 0.3) is 0 Å². The van der Waals surface area contributed by atoms with E-state index in [2.05, 4.69) is 10.3 Å². The maximum atomic E-state index is 12.7. The highest BCUT2D eigenvalue weighted by Gasteiger charge is 2.25. The number of rotatable bonds is 2. The van der Waals surface area contributed by atoms with Crippen LogP contribution in [0.2, 0.25) is 0 Å². The molecule has 1 aliphatic heterocycles. The van der Waals surface area contributed by atoms with Crippen LogP contribution in [0.3, 0.4) is 0 Å². The molecule has 0 fully saturated rings. The number of carbonyl (C=O) groups excluding carboxylic acids is 2. The largest absolute Gasteiger partial charge is 0.474 e. The Bertz CT molecular complexity index is 756. The molecular formula is C17H17N3O3. The molecule has 0 aliphatic carbocycles. The zero-order valence-corrected chi connectivity index (χ0v) is 13.0. The molecule has 2 aromatic rings. The lowest BCUT2D eigenvalue weighted by atomic mass is 10.1. The van der Waals surface area contributed by atoms with Crippen molar-refractivity contribution in [2.75, 3.05) is 23.4 Å². The average molecular weight is 311 g/mol. The van der Waals surface area contributed by atoms with Gasteiger partial charge in [0.05, 0.1) is 6.54 Å². The molecule has 0 spiro atoms. The van der Waals surface area contributed by atoms with Crippen molar-refractivity contribution in [3.8, 4) is 5.88 Å². The molecule has 1 aromatic carbocycles. The second-order valence-electron chi connectivity index (χ2n) is 5.34. The van der Waals surface area contributed by atoms with Gasteiger partial charge in [0.25, 0.3) is 5.91 Å².